The molecule has 0 aliphatic carbocycles. The van der Waals surface area contributed by atoms with Crippen molar-refractivity contribution < 1.29 is 17.6 Å². The third-order valence-electron chi connectivity index (χ3n) is 3.85. The van der Waals surface area contributed by atoms with E-state index in [-0.39, 0.29) is 11.4 Å². The highest BCUT2D eigenvalue weighted by Crippen LogP contribution is 2.09. The Labute approximate surface area is 166 Å². The van der Waals surface area contributed by atoms with Gasteiger partial charge in [0.2, 0.25) is 10.0 Å². The SMILES string of the molecule is CN=C(NCCCOCc1ccco1)NCCNS(=O)(=O)c1ccc(C)cc1. The molecule has 2 aromatic rings. The molecule has 0 aliphatic rings. The van der Waals surface area contributed by atoms with E-state index >= 15 is 0 Å². The first-order valence-corrected chi connectivity index (χ1v) is 10.6. The van der Waals surface area contributed by atoms with Gasteiger partial charge < -0.3 is 19.8 Å². The number of aryl methyl sites for hydroxylation is 1. The number of hydrogen-bond donors (Lipinski definition) is 3. The van der Waals surface area contributed by atoms with Gasteiger partial charge in [-0.15, -0.1) is 0 Å². The molecule has 0 saturated carbocycles. The fourth-order valence-corrected chi connectivity index (χ4v) is 3.37. The van der Waals surface area contributed by atoms with Crippen LogP contribution < -0.4 is 15.4 Å². The van der Waals surface area contributed by atoms with Gasteiger partial charge in [0.05, 0.1) is 11.2 Å². The molecular weight excluding hydrogens is 380 g/mol. The highest BCUT2D eigenvalue weighted by atomic mass is 32.2. The number of ether oxygens (including phenoxy) is 1. The molecule has 8 nitrogen and oxygen atoms in total. The second kappa shape index (κ2) is 11.5. The molecule has 2 rings (SSSR count). The van der Waals surface area contributed by atoms with Crippen LogP contribution in [-0.4, -0.2) is 47.7 Å². The van der Waals surface area contributed by atoms with Crippen LogP contribution in [0, 0.1) is 6.92 Å². The summed E-state index contributed by atoms with van der Waals surface area (Å²) < 4.78 is 37.7. The zero-order valence-corrected chi connectivity index (χ0v) is 17.1. The lowest BCUT2D eigenvalue weighted by Crippen LogP contribution is -2.41. The molecule has 0 unspecified atom stereocenters. The van der Waals surface area contributed by atoms with Crippen LogP contribution in [-0.2, 0) is 21.4 Å². The Hall–Kier alpha value is -2.36. The summed E-state index contributed by atoms with van der Waals surface area (Å²) in [6.07, 6.45) is 2.43. The molecule has 1 heterocycles. The molecule has 1 aromatic carbocycles. The second-order valence-corrected chi connectivity index (χ2v) is 7.89. The summed E-state index contributed by atoms with van der Waals surface area (Å²) in [7, 11) is -1.84. The summed E-state index contributed by atoms with van der Waals surface area (Å²) in [6, 6.07) is 10.4. The van der Waals surface area contributed by atoms with E-state index in [1.54, 1.807) is 37.6 Å². The van der Waals surface area contributed by atoms with Crippen LogP contribution in [0.4, 0.5) is 0 Å². The molecule has 0 saturated heterocycles. The van der Waals surface area contributed by atoms with Gasteiger partial charge in [-0.25, -0.2) is 13.1 Å². The first kappa shape index (κ1) is 21.9. The van der Waals surface area contributed by atoms with Gasteiger partial charge >= 0.3 is 0 Å². The zero-order chi connectivity index (χ0) is 20.2. The monoisotopic (exact) mass is 408 g/mol. The van der Waals surface area contributed by atoms with E-state index in [0.717, 1.165) is 17.7 Å². The summed E-state index contributed by atoms with van der Waals surface area (Å²) in [5.74, 6) is 1.42. The molecule has 3 N–H and O–H groups in total. The van der Waals surface area contributed by atoms with E-state index < -0.39 is 10.0 Å². The average molecular weight is 409 g/mol. The molecule has 0 radical (unpaired) electrons. The maximum atomic E-state index is 12.2. The van der Waals surface area contributed by atoms with E-state index in [1.807, 2.05) is 19.1 Å². The molecule has 0 amide bonds. The molecule has 154 valence electrons. The van der Waals surface area contributed by atoms with Crippen molar-refractivity contribution in [3.8, 4) is 0 Å². The Morgan fingerprint density at radius 3 is 2.54 bits per heavy atom. The van der Waals surface area contributed by atoms with Gasteiger partial charge in [0, 0.05) is 33.3 Å². The lowest BCUT2D eigenvalue weighted by atomic mass is 10.2. The van der Waals surface area contributed by atoms with Crippen molar-refractivity contribution in [2.75, 3.05) is 33.3 Å². The van der Waals surface area contributed by atoms with Crippen molar-refractivity contribution in [1.29, 1.82) is 0 Å². The summed E-state index contributed by atoms with van der Waals surface area (Å²) in [5.41, 5.74) is 1.02. The normalized spacial score (nSPS) is 12.1. The van der Waals surface area contributed by atoms with Crippen LogP contribution in [0.1, 0.15) is 17.7 Å². The second-order valence-electron chi connectivity index (χ2n) is 6.12. The average Bonchev–Trinajstić information content (AvgIpc) is 3.20. The first-order chi connectivity index (χ1) is 13.5. The Bertz CT molecular complexity index is 818. The number of rotatable bonds is 11. The molecule has 0 spiro atoms. The van der Waals surface area contributed by atoms with Crippen LogP contribution in [0.3, 0.4) is 0 Å². The van der Waals surface area contributed by atoms with E-state index in [2.05, 4.69) is 20.3 Å². The Balaban J connectivity index is 1.58. The Morgan fingerprint density at radius 2 is 1.86 bits per heavy atom. The molecule has 0 fully saturated rings. The predicted molar refractivity (Wildman–Crippen MR) is 109 cm³/mol. The van der Waals surface area contributed by atoms with Gasteiger partial charge in [-0.1, -0.05) is 17.7 Å². The smallest absolute Gasteiger partial charge is 0.240 e. The van der Waals surface area contributed by atoms with Gasteiger partial charge in [-0.2, -0.15) is 0 Å². The summed E-state index contributed by atoms with van der Waals surface area (Å²) in [6.45, 7) is 4.33. The number of sulfonamides is 1. The van der Waals surface area contributed by atoms with E-state index in [4.69, 9.17) is 9.15 Å². The standard InChI is InChI=1S/C19H28N4O4S/c1-16-6-8-18(9-7-16)28(24,25)23-12-11-22-19(20-2)21-10-4-13-26-15-17-5-3-14-27-17/h3,5-9,14,23H,4,10-13,15H2,1-2H3,(H2,20,21,22). The minimum atomic E-state index is -3.50. The molecule has 0 atom stereocenters. The van der Waals surface area contributed by atoms with Crippen LogP contribution in [0.2, 0.25) is 0 Å². The fraction of sp³-hybridized carbons (Fsp3) is 0.421. The van der Waals surface area contributed by atoms with Crippen molar-refractivity contribution in [2.24, 2.45) is 4.99 Å². The Morgan fingerprint density at radius 1 is 1.11 bits per heavy atom. The molecule has 0 aliphatic heterocycles. The van der Waals surface area contributed by atoms with Crippen molar-refractivity contribution >= 4 is 16.0 Å². The molecule has 9 heteroatoms. The zero-order valence-electron chi connectivity index (χ0n) is 16.3. The highest BCUT2D eigenvalue weighted by molar-refractivity contribution is 7.89. The van der Waals surface area contributed by atoms with Crippen LogP contribution in [0.5, 0.6) is 0 Å². The van der Waals surface area contributed by atoms with Crippen molar-refractivity contribution in [3.05, 3.63) is 54.0 Å². The lowest BCUT2D eigenvalue weighted by Gasteiger charge is -2.12. The number of nitrogens with zero attached hydrogens (tertiary/aromatic N) is 1. The molecule has 0 bridgehead atoms. The minimum absolute atomic E-state index is 0.253. The number of nitrogens with one attached hydrogen (secondary N) is 3. The van der Waals surface area contributed by atoms with Gasteiger partial charge in [-0.05, 0) is 37.6 Å². The Kier molecular flexibility index (Phi) is 8.99. The van der Waals surface area contributed by atoms with Crippen molar-refractivity contribution in [2.45, 2.75) is 24.8 Å². The maximum Gasteiger partial charge on any atom is 0.240 e. The topological polar surface area (TPSA) is 105 Å². The maximum absolute atomic E-state index is 12.2. The van der Waals surface area contributed by atoms with E-state index in [1.165, 1.54) is 0 Å². The molecule has 1 aromatic heterocycles. The van der Waals surface area contributed by atoms with Gasteiger partial charge in [0.25, 0.3) is 0 Å². The predicted octanol–water partition coefficient (Wildman–Crippen LogP) is 1.64. The first-order valence-electron chi connectivity index (χ1n) is 9.12. The van der Waals surface area contributed by atoms with Crippen LogP contribution in [0.15, 0.2) is 57.0 Å². The third-order valence-corrected chi connectivity index (χ3v) is 5.32. The molecular formula is C19H28N4O4S. The quantitative estimate of drug-likeness (QED) is 0.297. The van der Waals surface area contributed by atoms with Crippen LogP contribution >= 0.6 is 0 Å². The van der Waals surface area contributed by atoms with E-state index in [9.17, 15) is 8.42 Å². The summed E-state index contributed by atoms with van der Waals surface area (Å²) >= 11 is 0. The number of guanidine groups is 1. The van der Waals surface area contributed by atoms with Crippen molar-refractivity contribution in [1.82, 2.24) is 15.4 Å². The van der Waals surface area contributed by atoms with Crippen molar-refractivity contribution in [3.63, 3.8) is 0 Å². The largest absolute Gasteiger partial charge is 0.467 e. The number of benzene rings is 1. The minimum Gasteiger partial charge on any atom is -0.467 e. The number of hydrogen-bond acceptors (Lipinski definition) is 5. The van der Waals surface area contributed by atoms with Gasteiger partial charge in [0.1, 0.15) is 12.4 Å². The highest BCUT2D eigenvalue weighted by Gasteiger charge is 2.12. The number of furan rings is 1. The fourth-order valence-electron chi connectivity index (χ4n) is 2.34. The number of aliphatic imine (C=N–C) groups is 1. The summed E-state index contributed by atoms with van der Waals surface area (Å²) in [4.78, 5) is 4.37. The van der Waals surface area contributed by atoms with E-state index in [0.29, 0.717) is 32.3 Å². The van der Waals surface area contributed by atoms with Gasteiger partial charge in [0.15, 0.2) is 5.96 Å². The lowest BCUT2D eigenvalue weighted by molar-refractivity contribution is 0.105. The van der Waals surface area contributed by atoms with Gasteiger partial charge in [-0.3, -0.25) is 4.99 Å². The third kappa shape index (κ3) is 7.71. The summed E-state index contributed by atoms with van der Waals surface area (Å²) in [5, 5.41) is 6.23. The molecule has 28 heavy (non-hydrogen) atoms. The van der Waals surface area contributed by atoms with Crippen LogP contribution in [0.25, 0.3) is 0 Å².